The molecule has 0 atom stereocenters. The van der Waals surface area contributed by atoms with Crippen LogP contribution in [0.5, 0.6) is 0 Å². The number of fused-ring (bicyclic) bond motifs is 4. The lowest BCUT2D eigenvalue weighted by Gasteiger charge is -2.43. The van der Waals surface area contributed by atoms with Crippen molar-refractivity contribution in [1.82, 2.24) is 9.97 Å². The molecule has 142 valence electrons. The minimum absolute atomic E-state index is 0.228. The molecule has 1 aromatic heterocycles. The van der Waals surface area contributed by atoms with Gasteiger partial charge in [-0.2, -0.15) is 0 Å². The summed E-state index contributed by atoms with van der Waals surface area (Å²) in [6, 6.07) is 19.5. The summed E-state index contributed by atoms with van der Waals surface area (Å²) in [5, 5.41) is 1.20. The Bertz CT molecular complexity index is 991. The van der Waals surface area contributed by atoms with Gasteiger partial charge < -0.3 is 0 Å². The molecule has 1 spiro atoms. The van der Waals surface area contributed by atoms with Crippen molar-refractivity contribution < 1.29 is 0 Å². The van der Waals surface area contributed by atoms with Crippen LogP contribution in [0.15, 0.2) is 59.6 Å². The van der Waals surface area contributed by atoms with E-state index in [-0.39, 0.29) is 5.41 Å². The highest BCUT2D eigenvalue weighted by molar-refractivity contribution is 7.98. The molecular weight excluding hydrogens is 360 g/mol. The van der Waals surface area contributed by atoms with Crippen LogP contribution >= 0.6 is 11.8 Å². The molecule has 0 amide bonds. The van der Waals surface area contributed by atoms with Gasteiger partial charge in [-0.05, 0) is 36.6 Å². The second-order valence-corrected chi connectivity index (χ2v) is 9.00. The van der Waals surface area contributed by atoms with Crippen LogP contribution in [0.2, 0.25) is 0 Å². The summed E-state index contributed by atoms with van der Waals surface area (Å²) in [4.78, 5) is 10.3. The highest BCUT2D eigenvalue weighted by Gasteiger charge is 2.42. The molecule has 0 saturated heterocycles. The minimum atomic E-state index is 0.228. The van der Waals surface area contributed by atoms with E-state index in [2.05, 4.69) is 60.9 Å². The van der Waals surface area contributed by atoms with Gasteiger partial charge in [-0.3, -0.25) is 0 Å². The van der Waals surface area contributed by atoms with Crippen LogP contribution in [-0.4, -0.2) is 16.2 Å². The van der Waals surface area contributed by atoms with Crippen LogP contribution in [0.4, 0.5) is 0 Å². The number of benzene rings is 2. The molecule has 1 saturated carbocycles. The van der Waals surface area contributed by atoms with Crippen molar-refractivity contribution in [2.75, 3.05) is 6.26 Å². The highest BCUT2D eigenvalue weighted by atomic mass is 32.2. The Balaban J connectivity index is 1.69. The van der Waals surface area contributed by atoms with Crippen molar-refractivity contribution in [2.45, 2.75) is 55.4 Å². The van der Waals surface area contributed by atoms with Gasteiger partial charge in [0.15, 0.2) is 0 Å². The van der Waals surface area contributed by atoms with E-state index in [0.29, 0.717) is 0 Å². The van der Waals surface area contributed by atoms with Crippen molar-refractivity contribution in [3.05, 3.63) is 77.1 Å². The zero-order chi connectivity index (χ0) is 19.0. The summed E-state index contributed by atoms with van der Waals surface area (Å²) < 4.78 is 0. The molecule has 3 heteroatoms. The van der Waals surface area contributed by atoms with E-state index >= 15 is 0 Å². The number of nitrogens with zero attached hydrogens (tertiary/aromatic N) is 2. The number of thioether (sulfide) groups is 1. The van der Waals surface area contributed by atoms with Gasteiger partial charge in [-0.1, -0.05) is 73.9 Å². The van der Waals surface area contributed by atoms with E-state index < -0.39 is 0 Å². The normalized spacial score (nSPS) is 17.2. The van der Waals surface area contributed by atoms with Gasteiger partial charge in [-0.15, -0.1) is 11.8 Å². The zero-order valence-corrected chi connectivity index (χ0v) is 17.3. The molecule has 0 bridgehead atoms. The summed E-state index contributed by atoms with van der Waals surface area (Å²) in [5.74, 6) is 0.942. The maximum absolute atomic E-state index is 5.18. The summed E-state index contributed by atoms with van der Waals surface area (Å²) in [6.07, 6.45) is 10.6. The molecule has 2 aromatic carbocycles. The lowest BCUT2D eigenvalue weighted by molar-refractivity contribution is 0.281. The van der Waals surface area contributed by atoms with E-state index in [9.17, 15) is 0 Å². The van der Waals surface area contributed by atoms with Crippen molar-refractivity contribution >= 4 is 11.8 Å². The average molecular weight is 387 g/mol. The van der Waals surface area contributed by atoms with E-state index in [1.54, 1.807) is 11.8 Å². The molecule has 2 nitrogen and oxygen atoms in total. The molecule has 0 radical (unpaired) electrons. The van der Waals surface area contributed by atoms with Gasteiger partial charge in [0.1, 0.15) is 10.9 Å². The molecule has 3 aromatic rings. The Morgan fingerprint density at radius 3 is 2.43 bits per heavy atom. The third-order valence-electron chi connectivity index (χ3n) is 6.46. The van der Waals surface area contributed by atoms with Crippen LogP contribution in [0.1, 0.15) is 54.6 Å². The van der Waals surface area contributed by atoms with Gasteiger partial charge >= 0.3 is 0 Å². The highest BCUT2D eigenvalue weighted by Crippen LogP contribution is 2.52. The Kier molecular flexibility index (Phi) is 4.72. The summed E-state index contributed by atoms with van der Waals surface area (Å²) in [6.45, 7) is 0. The minimum Gasteiger partial charge on any atom is -0.232 e. The van der Waals surface area contributed by atoms with Gasteiger partial charge in [0.05, 0.1) is 5.69 Å². The van der Waals surface area contributed by atoms with E-state index in [4.69, 9.17) is 9.97 Å². The number of hydrogen-bond donors (Lipinski definition) is 0. The number of hydrogen-bond acceptors (Lipinski definition) is 3. The Hall–Kier alpha value is -2.13. The predicted octanol–water partition coefficient (Wildman–Crippen LogP) is 6.21. The quantitative estimate of drug-likeness (QED) is 0.395. The monoisotopic (exact) mass is 386 g/mol. The number of aromatic nitrogens is 2. The smallest absolute Gasteiger partial charge is 0.134 e. The van der Waals surface area contributed by atoms with E-state index in [0.717, 1.165) is 18.7 Å². The zero-order valence-electron chi connectivity index (χ0n) is 16.4. The lowest BCUT2D eigenvalue weighted by atomic mass is 9.62. The Morgan fingerprint density at radius 2 is 1.64 bits per heavy atom. The third-order valence-corrected chi connectivity index (χ3v) is 7.14. The van der Waals surface area contributed by atoms with Crippen molar-refractivity contribution in [1.29, 1.82) is 0 Å². The fourth-order valence-electron chi connectivity index (χ4n) is 5.18. The molecule has 28 heavy (non-hydrogen) atoms. The second-order valence-electron chi connectivity index (χ2n) is 8.21. The van der Waals surface area contributed by atoms with Crippen molar-refractivity contribution in [2.24, 2.45) is 0 Å². The largest absolute Gasteiger partial charge is 0.232 e. The fraction of sp³-hybridized carbons (Fsp3) is 0.360. The SMILES string of the molecule is CSc1nc(Cc2ccccc2)nc2c1C1(CCCCC1)Cc1ccccc1-2. The third kappa shape index (κ3) is 3.06. The molecular formula is C25H26N2S. The molecule has 0 aliphatic heterocycles. The molecule has 0 N–H and O–H groups in total. The molecule has 5 rings (SSSR count). The average Bonchev–Trinajstić information content (AvgIpc) is 2.74. The standard InChI is InChI=1S/C25H26N2S/c1-28-24-22-23(26-21(27-24)16-18-10-4-2-5-11-18)20-13-7-6-12-19(20)17-25(22)14-8-3-9-15-25/h2,4-7,10-13H,3,8-9,14-17H2,1H3. The maximum atomic E-state index is 5.18. The van der Waals surface area contributed by atoms with Crippen LogP contribution in [0, 0.1) is 0 Å². The first-order chi connectivity index (χ1) is 13.8. The summed E-state index contributed by atoms with van der Waals surface area (Å²) in [5.41, 5.74) is 6.93. The van der Waals surface area contributed by atoms with E-state index in [1.165, 1.54) is 65.1 Å². The van der Waals surface area contributed by atoms with Gasteiger partial charge in [0.2, 0.25) is 0 Å². The molecule has 0 unspecified atom stereocenters. The molecule has 1 fully saturated rings. The summed E-state index contributed by atoms with van der Waals surface area (Å²) in [7, 11) is 0. The Morgan fingerprint density at radius 1 is 0.893 bits per heavy atom. The van der Waals surface area contributed by atoms with Crippen molar-refractivity contribution in [3.63, 3.8) is 0 Å². The van der Waals surface area contributed by atoms with Gasteiger partial charge in [0.25, 0.3) is 0 Å². The topological polar surface area (TPSA) is 25.8 Å². The fourth-order valence-corrected chi connectivity index (χ4v) is 5.89. The first-order valence-corrected chi connectivity index (χ1v) is 11.6. The van der Waals surface area contributed by atoms with Gasteiger partial charge in [-0.25, -0.2) is 9.97 Å². The second kappa shape index (κ2) is 7.36. The van der Waals surface area contributed by atoms with E-state index in [1.807, 2.05) is 0 Å². The van der Waals surface area contributed by atoms with Crippen molar-refractivity contribution in [3.8, 4) is 11.3 Å². The maximum Gasteiger partial charge on any atom is 0.134 e. The first-order valence-electron chi connectivity index (χ1n) is 10.4. The van der Waals surface area contributed by atoms with Crippen LogP contribution in [0.3, 0.4) is 0 Å². The van der Waals surface area contributed by atoms with Gasteiger partial charge in [0, 0.05) is 23.0 Å². The van der Waals surface area contributed by atoms with Crippen LogP contribution in [0.25, 0.3) is 11.3 Å². The predicted molar refractivity (Wildman–Crippen MR) is 117 cm³/mol. The number of rotatable bonds is 3. The lowest BCUT2D eigenvalue weighted by Crippen LogP contribution is -2.36. The molecule has 1 heterocycles. The molecule has 2 aliphatic rings. The van der Waals surface area contributed by atoms with Crippen LogP contribution < -0.4 is 0 Å². The first kappa shape index (κ1) is 17.9. The van der Waals surface area contributed by atoms with Crippen LogP contribution in [-0.2, 0) is 18.3 Å². The Labute approximate surface area is 171 Å². The molecule has 2 aliphatic carbocycles. The summed E-state index contributed by atoms with van der Waals surface area (Å²) >= 11 is 1.80.